The third kappa shape index (κ3) is 3.40. The van der Waals surface area contributed by atoms with Gasteiger partial charge in [0.15, 0.2) is 0 Å². The fourth-order valence-electron chi connectivity index (χ4n) is 1.27. The first kappa shape index (κ1) is 13.3. The molecular formula is C10H16N2O2S2. The van der Waals surface area contributed by atoms with Crippen molar-refractivity contribution in [2.45, 2.75) is 11.8 Å². The van der Waals surface area contributed by atoms with Gasteiger partial charge in [0.2, 0.25) is 10.0 Å². The van der Waals surface area contributed by atoms with Crippen LogP contribution in [0.15, 0.2) is 23.1 Å². The minimum Gasteiger partial charge on any atom is -0.398 e. The molecule has 0 aliphatic heterocycles. The van der Waals surface area contributed by atoms with Gasteiger partial charge in [-0.3, -0.25) is 0 Å². The van der Waals surface area contributed by atoms with Gasteiger partial charge in [-0.05, 0) is 30.9 Å². The van der Waals surface area contributed by atoms with Gasteiger partial charge < -0.3 is 5.73 Å². The van der Waals surface area contributed by atoms with Crippen molar-refractivity contribution in [3.05, 3.63) is 23.8 Å². The molecule has 0 aromatic heterocycles. The molecular weight excluding hydrogens is 244 g/mol. The van der Waals surface area contributed by atoms with Gasteiger partial charge in [0.05, 0.1) is 5.69 Å². The Morgan fingerprint density at radius 1 is 1.44 bits per heavy atom. The molecule has 16 heavy (non-hydrogen) atoms. The van der Waals surface area contributed by atoms with E-state index in [0.717, 1.165) is 11.3 Å². The number of benzene rings is 1. The van der Waals surface area contributed by atoms with Crippen molar-refractivity contribution in [3.8, 4) is 0 Å². The van der Waals surface area contributed by atoms with Crippen molar-refractivity contribution < 1.29 is 8.42 Å². The lowest BCUT2D eigenvalue weighted by atomic mass is 10.2. The average molecular weight is 260 g/mol. The Morgan fingerprint density at radius 3 is 2.69 bits per heavy atom. The average Bonchev–Trinajstić information content (AvgIpc) is 2.17. The van der Waals surface area contributed by atoms with E-state index in [1.165, 1.54) is 6.07 Å². The van der Waals surface area contributed by atoms with E-state index in [9.17, 15) is 8.42 Å². The van der Waals surface area contributed by atoms with Crippen LogP contribution in [0.25, 0.3) is 0 Å². The van der Waals surface area contributed by atoms with Crippen LogP contribution in [0.5, 0.6) is 0 Å². The van der Waals surface area contributed by atoms with Crippen molar-refractivity contribution in [2.24, 2.45) is 0 Å². The molecule has 0 spiro atoms. The second-order valence-corrected chi connectivity index (χ2v) is 6.15. The van der Waals surface area contributed by atoms with Crippen molar-refractivity contribution >= 4 is 27.5 Å². The van der Waals surface area contributed by atoms with Crippen LogP contribution in [-0.4, -0.2) is 27.0 Å². The van der Waals surface area contributed by atoms with E-state index in [-0.39, 0.29) is 10.6 Å². The Hall–Kier alpha value is -0.720. The van der Waals surface area contributed by atoms with Gasteiger partial charge in [-0.25, -0.2) is 13.1 Å². The lowest BCUT2D eigenvalue weighted by Crippen LogP contribution is -2.26. The van der Waals surface area contributed by atoms with E-state index in [0.29, 0.717) is 6.54 Å². The highest BCUT2D eigenvalue weighted by Gasteiger charge is 2.16. The summed E-state index contributed by atoms with van der Waals surface area (Å²) >= 11 is 1.59. The molecule has 1 aromatic rings. The molecule has 1 aromatic carbocycles. The number of nitrogens with two attached hydrogens (primary N) is 1. The SMILES string of the molecule is CSCCNS(=O)(=O)c1ccc(C)cc1N. The molecule has 4 nitrogen and oxygen atoms in total. The Kier molecular flexibility index (Phi) is 4.64. The number of nitrogen functional groups attached to an aromatic ring is 1. The van der Waals surface area contributed by atoms with E-state index >= 15 is 0 Å². The summed E-state index contributed by atoms with van der Waals surface area (Å²) in [5.41, 5.74) is 6.92. The zero-order valence-electron chi connectivity index (χ0n) is 9.36. The monoisotopic (exact) mass is 260 g/mol. The van der Waals surface area contributed by atoms with Crippen LogP contribution in [-0.2, 0) is 10.0 Å². The molecule has 0 aliphatic rings. The number of hydrogen-bond donors (Lipinski definition) is 2. The normalized spacial score (nSPS) is 11.6. The zero-order valence-corrected chi connectivity index (χ0v) is 11.0. The predicted octanol–water partition coefficient (Wildman–Crippen LogP) is 1.22. The molecule has 3 N–H and O–H groups in total. The quantitative estimate of drug-likeness (QED) is 0.617. The fourth-order valence-corrected chi connectivity index (χ4v) is 2.85. The van der Waals surface area contributed by atoms with Gasteiger partial charge in [-0.15, -0.1) is 0 Å². The standard InChI is InChI=1S/C10H16N2O2S2/c1-8-3-4-10(9(11)7-8)16(13,14)12-5-6-15-2/h3-4,7,12H,5-6,11H2,1-2H3. The van der Waals surface area contributed by atoms with E-state index in [1.807, 2.05) is 13.2 Å². The maximum atomic E-state index is 11.8. The van der Waals surface area contributed by atoms with E-state index in [4.69, 9.17) is 5.73 Å². The molecule has 90 valence electrons. The molecule has 0 saturated heterocycles. The van der Waals surface area contributed by atoms with Gasteiger partial charge in [-0.1, -0.05) is 6.07 Å². The van der Waals surface area contributed by atoms with Gasteiger partial charge in [-0.2, -0.15) is 11.8 Å². The fraction of sp³-hybridized carbons (Fsp3) is 0.400. The van der Waals surface area contributed by atoms with E-state index in [1.54, 1.807) is 23.9 Å². The molecule has 0 atom stereocenters. The first-order valence-electron chi connectivity index (χ1n) is 4.82. The van der Waals surface area contributed by atoms with Crippen molar-refractivity contribution in [1.82, 2.24) is 4.72 Å². The molecule has 6 heteroatoms. The number of anilines is 1. The summed E-state index contributed by atoms with van der Waals surface area (Å²) < 4.78 is 26.2. The summed E-state index contributed by atoms with van der Waals surface area (Å²) in [5, 5.41) is 0. The molecule has 0 unspecified atom stereocenters. The number of hydrogen-bond acceptors (Lipinski definition) is 4. The second kappa shape index (κ2) is 5.56. The van der Waals surface area contributed by atoms with Gasteiger partial charge in [0.1, 0.15) is 4.90 Å². The molecule has 0 heterocycles. The number of aryl methyl sites for hydroxylation is 1. The van der Waals surface area contributed by atoms with Crippen LogP contribution >= 0.6 is 11.8 Å². The van der Waals surface area contributed by atoms with Crippen LogP contribution in [0, 0.1) is 6.92 Å². The van der Waals surface area contributed by atoms with Crippen molar-refractivity contribution in [1.29, 1.82) is 0 Å². The van der Waals surface area contributed by atoms with E-state index < -0.39 is 10.0 Å². The molecule has 1 rings (SSSR count). The summed E-state index contributed by atoms with van der Waals surface area (Å²) in [6.07, 6.45) is 1.93. The maximum absolute atomic E-state index is 11.8. The molecule has 0 bridgehead atoms. The Balaban J connectivity index is 2.90. The van der Waals surface area contributed by atoms with Crippen LogP contribution in [0.4, 0.5) is 5.69 Å². The number of thioether (sulfide) groups is 1. The third-order valence-corrected chi connectivity index (χ3v) is 4.20. The van der Waals surface area contributed by atoms with E-state index in [2.05, 4.69) is 4.72 Å². The zero-order chi connectivity index (χ0) is 12.2. The molecule has 0 aliphatic carbocycles. The summed E-state index contributed by atoms with van der Waals surface area (Å²) in [6, 6.07) is 4.93. The highest BCUT2D eigenvalue weighted by Crippen LogP contribution is 2.18. The van der Waals surface area contributed by atoms with Crippen LogP contribution in [0.2, 0.25) is 0 Å². The van der Waals surface area contributed by atoms with Crippen molar-refractivity contribution in [2.75, 3.05) is 24.3 Å². The van der Waals surface area contributed by atoms with Gasteiger partial charge >= 0.3 is 0 Å². The molecule has 0 radical (unpaired) electrons. The lowest BCUT2D eigenvalue weighted by molar-refractivity contribution is 0.584. The molecule has 0 fully saturated rings. The highest BCUT2D eigenvalue weighted by atomic mass is 32.2. The smallest absolute Gasteiger partial charge is 0.242 e. The third-order valence-electron chi connectivity index (χ3n) is 2.05. The summed E-state index contributed by atoms with van der Waals surface area (Å²) in [5.74, 6) is 0.741. The minimum atomic E-state index is -3.47. The Labute approximate surface area is 101 Å². The lowest BCUT2D eigenvalue weighted by Gasteiger charge is -2.09. The van der Waals surface area contributed by atoms with Crippen LogP contribution < -0.4 is 10.5 Å². The summed E-state index contributed by atoms with van der Waals surface area (Å²) in [7, 11) is -3.47. The summed E-state index contributed by atoms with van der Waals surface area (Å²) in [4.78, 5) is 0.152. The second-order valence-electron chi connectivity index (χ2n) is 3.43. The Morgan fingerprint density at radius 2 is 2.12 bits per heavy atom. The largest absolute Gasteiger partial charge is 0.398 e. The number of nitrogens with one attached hydrogen (secondary N) is 1. The van der Waals surface area contributed by atoms with Crippen LogP contribution in [0.1, 0.15) is 5.56 Å². The van der Waals surface area contributed by atoms with Gasteiger partial charge in [0.25, 0.3) is 0 Å². The Bertz CT molecular complexity index is 458. The molecule has 0 saturated carbocycles. The first-order chi connectivity index (χ1) is 7.47. The predicted molar refractivity (Wildman–Crippen MR) is 69.2 cm³/mol. The highest BCUT2D eigenvalue weighted by molar-refractivity contribution is 7.98. The number of rotatable bonds is 5. The first-order valence-corrected chi connectivity index (χ1v) is 7.70. The number of sulfonamides is 1. The topological polar surface area (TPSA) is 72.2 Å². The summed E-state index contributed by atoms with van der Waals surface area (Å²) in [6.45, 7) is 2.28. The molecule has 0 amide bonds. The minimum absolute atomic E-state index is 0.152. The van der Waals surface area contributed by atoms with Gasteiger partial charge in [0, 0.05) is 12.3 Å². The maximum Gasteiger partial charge on any atom is 0.242 e. The van der Waals surface area contributed by atoms with Crippen LogP contribution in [0.3, 0.4) is 0 Å². The van der Waals surface area contributed by atoms with Crippen molar-refractivity contribution in [3.63, 3.8) is 0 Å².